The summed E-state index contributed by atoms with van der Waals surface area (Å²) in [4.78, 5) is 15.1. The Morgan fingerprint density at radius 3 is 2.79 bits per heavy atom. The first-order valence-corrected chi connectivity index (χ1v) is 5.17. The largest absolute Gasteiger partial charge is 0.315 e. The van der Waals surface area contributed by atoms with Gasteiger partial charge < -0.3 is 9.71 Å². The van der Waals surface area contributed by atoms with E-state index in [0.29, 0.717) is 5.82 Å². The highest BCUT2D eigenvalue weighted by Crippen LogP contribution is 2.16. The Morgan fingerprint density at radius 1 is 1.64 bits per heavy atom. The Hall–Kier alpha value is -0.765. The highest BCUT2D eigenvalue weighted by molar-refractivity contribution is 6.34. The van der Waals surface area contributed by atoms with Crippen LogP contribution in [0.5, 0.6) is 0 Å². The van der Waals surface area contributed by atoms with E-state index >= 15 is 0 Å². The Kier molecular flexibility index (Phi) is 4.20. The van der Waals surface area contributed by atoms with Crippen molar-refractivity contribution in [2.45, 2.75) is 32.5 Å². The summed E-state index contributed by atoms with van der Waals surface area (Å²) in [5.74, 6) is 0.638. The molecule has 1 amide bonds. The quantitative estimate of drug-likeness (QED) is 0.487. The second-order valence-electron chi connectivity index (χ2n) is 3.87. The molecule has 0 saturated carbocycles. The Balaban J connectivity index is 2.15. The fourth-order valence-electron chi connectivity index (χ4n) is 1.65. The average Bonchev–Trinajstić information content (AvgIpc) is 2.10. The SMILES string of the molecule is C=CC(=O)N1CN([B]C(C)CCC)C1. The summed E-state index contributed by atoms with van der Waals surface area (Å²) < 4.78 is 0. The van der Waals surface area contributed by atoms with Crippen LogP contribution in [0.15, 0.2) is 12.7 Å². The first-order chi connectivity index (χ1) is 6.67. The second kappa shape index (κ2) is 5.20. The minimum atomic E-state index is 0.0257. The second-order valence-corrected chi connectivity index (χ2v) is 3.87. The molecule has 0 aromatic heterocycles. The van der Waals surface area contributed by atoms with Crippen LogP contribution >= 0.6 is 0 Å². The summed E-state index contributed by atoms with van der Waals surface area (Å²) in [5, 5.41) is 0. The summed E-state index contributed by atoms with van der Waals surface area (Å²) in [6.07, 6.45) is 3.79. The van der Waals surface area contributed by atoms with Crippen LogP contribution in [0.1, 0.15) is 26.7 Å². The standard InChI is InChI=1S/C10H18BN2O/c1-4-6-9(3)11-13-7-12(8-13)10(14)5-2/h5,9H,2,4,6-8H2,1,3H3. The van der Waals surface area contributed by atoms with Gasteiger partial charge in [0.15, 0.2) is 0 Å². The normalized spacial score (nSPS) is 18.6. The third-order valence-corrected chi connectivity index (χ3v) is 2.40. The summed E-state index contributed by atoms with van der Waals surface area (Å²) in [7, 11) is 2.22. The third-order valence-electron chi connectivity index (χ3n) is 2.40. The minimum Gasteiger partial charge on any atom is -0.315 e. The van der Waals surface area contributed by atoms with E-state index in [2.05, 4.69) is 32.7 Å². The topological polar surface area (TPSA) is 23.6 Å². The first kappa shape index (κ1) is 11.3. The van der Waals surface area contributed by atoms with Crippen LogP contribution in [0.25, 0.3) is 0 Å². The molecule has 0 bridgehead atoms. The van der Waals surface area contributed by atoms with Crippen molar-refractivity contribution in [1.82, 2.24) is 9.71 Å². The van der Waals surface area contributed by atoms with E-state index in [9.17, 15) is 4.79 Å². The summed E-state index contributed by atoms with van der Waals surface area (Å²) in [6.45, 7) is 9.30. The summed E-state index contributed by atoms with van der Waals surface area (Å²) >= 11 is 0. The summed E-state index contributed by atoms with van der Waals surface area (Å²) in [5.41, 5.74) is 0. The van der Waals surface area contributed by atoms with Crippen molar-refractivity contribution in [2.75, 3.05) is 13.3 Å². The van der Waals surface area contributed by atoms with Crippen molar-refractivity contribution in [2.24, 2.45) is 0 Å². The molecule has 1 saturated heterocycles. The van der Waals surface area contributed by atoms with Crippen LogP contribution in [-0.4, -0.2) is 36.4 Å². The van der Waals surface area contributed by atoms with Gasteiger partial charge in [-0.2, -0.15) is 0 Å². The van der Waals surface area contributed by atoms with Gasteiger partial charge in [-0.3, -0.25) is 4.79 Å². The molecule has 1 heterocycles. The molecule has 1 fully saturated rings. The average molecular weight is 193 g/mol. The molecule has 0 spiro atoms. The van der Waals surface area contributed by atoms with Gasteiger partial charge in [-0.15, -0.1) is 0 Å². The molecule has 0 aliphatic carbocycles. The van der Waals surface area contributed by atoms with Crippen LogP contribution in [-0.2, 0) is 4.79 Å². The zero-order chi connectivity index (χ0) is 10.6. The molecule has 1 unspecified atom stereocenters. The maximum Gasteiger partial charge on any atom is 0.247 e. The molecule has 1 aliphatic rings. The van der Waals surface area contributed by atoms with Crippen molar-refractivity contribution >= 4 is 13.3 Å². The maximum atomic E-state index is 11.1. The Bertz CT molecular complexity index is 214. The van der Waals surface area contributed by atoms with E-state index in [1.54, 1.807) is 4.90 Å². The highest BCUT2D eigenvalue weighted by Gasteiger charge is 2.27. The molecule has 77 valence electrons. The van der Waals surface area contributed by atoms with Gasteiger partial charge in [0.2, 0.25) is 13.3 Å². The molecular weight excluding hydrogens is 175 g/mol. The van der Waals surface area contributed by atoms with E-state index in [1.807, 2.05) is 0 Å². The van der Waals surface area contributed by atoms with Gasteiger partial charge in [-0.05, 0) is 6.08 Å². The summed E-state index contributed by atoms with van der Waals surface area (Å²) in [6, 6.07) is 0. The maximum absolute atomic E-state index is 11.1. The first-order valence-electron chi connectivity index (χ1n) is 5.17. The lowest BCUT2D eigenvalue weighted by atomic mass is 9.72. The molecular formula is C10H18BN2O. The van der Waals surface area contributed by atoms with Crippen molar-refractivity contribution in [3.63, 3.8) is 0 Å². The van der Waals surface area contributed by atoms with E-state index in [0.717, 1.165) is 13.3 Å². The van der Waals surface area contributed by atoms with Gasteiger partial charge in [-0.25, -0.2) is 0 Å². The van der Waals surface area contributed by atoms with Gasteiger partial charge in [0.05, 0.1) is 13.3 Å². The number of nitrogens with zero attached hydrogens (tertiary/aromatic N) is 2. The van der Waals surface area contributed by atoms with E-state index < -0.39 is 0 Å². The molecule has 0 aromatic carbocycles. The number of carbonyl (C=O) groups is 1. The fraction of sp³-hybridized carbons (Fsp3) is 0.700. The molecule has 4 heteroatoms. The molecule has 3 nitrogen and oxygen atoms in total. The van der Waals surface area contributed by atoms with Crippen LogP contribution in [0.4, 0.5) is 0 Å². The molecule has 1 radical (unpaired) electrons. The lowest BCUT2D eigenvalue weighted by Crippen LogP contribution is -2.58. The van der Waals surface area contributed by atoms with Crippen LogP contribution in [0, 0.1) is 0 Å². The van der Waals surface area contributed by atoms with E-state index in [4.69, 9.17) is 0 Å². The number of amides is 1. The van der Waals surface area contributed by atoms with Crippen LogP contribution in [0.3, 0.4) is 0 Å². The predicted octanol–water partition coefficient (Wildman–Crippen LogP) is 1.46. The molecule has 0 N–H and O–H groups in total. The Labute approximate surface area is 87.0 Å². The molecule has 1 atom stereocenters. The lowest BCUT2D eigenvalue weighted by molar-refractivity contribution is -0.136. The van der Waals surface area contributed by atoms with Gasteiger partial charge in [0.25, 0.3) is 0 Å². The Morgan fingerprint density at radius 2 is 2.29 bits per heavy atom. The number of hydrogen-bond acceptors (Lipinski definition) is 2. The monoisotopic (exact) mass is 193 g/mol. The molecule has 1 aliphatic heterocycles. The third kappa shape index (κ3) is 2.87. The predicted molar refractivity (Wildman–Crippen MR) is 58.7 cm³/mol. The van der Waals surface area contributed by atoms with Gasteiger partial charge in [-0.1, -0.05) is 39.1 Å². The van der Waals surface area contributed by atoms with Gasteiger partial charge in [0.1, 0.15) is 0 Å². The smallest absolute Gasteiger partial charge is 0.247 e. The zero-order valence-electron chi connectivity index (χ0n) is 9.07. The molecule has 1 rings (SSSR count). The molecule has 14 heavy (non-hydrogen) atoms. The zero-order valence-corrected chi connectivity index (χ0v) is 9.07. The van der Waals surface area contributed by atoms with Gasteiger partial charge in [0, 0.05) is 0 Å². The van der Waals surface area contributed by atoms with Gasteiger partial charge >= 0.3 is 0 Å². The van der Waals surface area contributed by atoms with Crippen LogP contribution in [0.2, 0.25) is 5.82 Å². The fourth-order valence-corrected chi connectivity index (χ4v) is 1.65. The number of hydrogen-bond donors (Lipinski definition) is 0. The van der Waals surface area contributed by atoms with Crippen molar-refractivity contribution < 1.29 is 4.79 Å². The van der Waals surface area contributed by atoms with Crippen molar-refractivity contribution in [1.29, 1.82) is 0 Å². The van der Waals surface area contributed by atoms with E-state index in [1.165, 1.54) is 18.9 Å². The molecule has 0 aromatic rings. The van der Waals surface area contributed by atoms with Crippen molar-refractivity contribution in [3.8, 4) is 0 Å². The number of carbonyl (C=O) groups excluding carboxylic acids is 1. The minimum absolute atomic E-state index is 0.0257. The highest BCUT2D eigenvalue weighted by atomic mass is 16.2. The van der Waals surface area contributed by atoms with E-state index in [-0.39, 0.29) is 5.91 Å². The van der Waals surface area contributed by atoms with Crippen molar-refractivity contribution in [3.05, 3.63) is 12.7 Å². The van der Waals surface area contributed by atoms with Crippen LogP contribution < -0.4 is 0 Å². The lowest BCUT2D eigenvalue weighted by Gasteiger charge is -2.43. The number of rotatable bonds is 5.